The molecule has 1 aromatic carbocycles. The predicted molar refractivity (Wildman–Crippen MR) is 83.0 cm³/mol. The van der Waals surface area contributed by atoms with Crippen molar-refractivity contribution in [2.24, 2.45) is 11.7 Å². The lowest BCUT2D eigenvalue weighted by atomic mass is 9.98. The average molecular weight is 289 g/mol. The van der Waals surface area contributed by atoms with Crippen LogP contribution >= 0.6 is 0 Å². The van der Waals surface area contributed by atoms with Crippen molar-refractivity contribution in [2.75, 3.05) is 18.4 Å². The summed E-state index contributed by atoms with van der Waals surface area (Å²) in [6.07, 6.45) is 2.29. The van der Waals surface area contributed by atoms with E-state index in [9.17, 15) is 9.59 Å². The summed E-state index contributed by atoms with van der Waals surface area (Å²) in [5, 5.41) is 2.88. The van der Waals surface area contributed by atoms with Gasteiger partial charge in [-0.3, -0.25) is 14.5 Å². The van der Waals surface area contributed by atoms with Crippen LogP contribution in [0.25, 0.3) is 0 Å². The Morgan fingerprint density at radius 3 is 2.33 bits per heavy atom. The van der Waals surface area contributed by atoms with E-state index in [4.69, 9.17) is 5.73 Å². The van der Waals surface area contributed by atoms with Gasteiger partial charge in [0.25, 0.3) is 0 Å². The van der Waals surface area contributed by atoms with Crippen molar-refractivity contribution in [1.82, 2.24) is 4.90 Å². The number of nitrogens with zero attached hydrogens (tertiary/aromatic N) is 1. The number of rotatable bonds is 4. The van der Waals surface area contributed by atoms with Crippen molar-refractivity contribution in [1.29, 1.82) is 0 Å². The molecule has 0 aliphatic carbocycles. The molecule has 1 aliphatic rings. The van der Waals surface area contributed by atoms with E-state index in [0.29, 0.717) is 11.3 Å². The first-order chi connectivity index (χ1) is 9.97. The summed E-state index contributed by atoms with van der Waals surface area (Å²) in [6, 6.07) is 6.48. The Balaban J connectivity index is 1.92. The Bertz CT molecular complexity index is 505. The van der Waals surface area contributed by atoms with Crippen LogP contribution in [0.4, 0.5) is 5.69 Å². The average Bonchev–Trinajstić information content (AvgIpc) is 2.47. The third-order valence-corrected chi connectivity index (χ3v) is 4.18. The van der Waals surface area contributed by atoms with Crippen LogP contribution in [0.3, 0.4) is 0 Å². The maximum Gasteiger partial charge on any atom is 0.248 e. The van der Waals surface area contributed by atoms with Gasteiger partial charge in [-0.15, -0.1) is 0 Å². The van der Waals surface area contributed by atoms with Gasteiger partial charge in [-0.25, -0.2) is 0 Å². The van der Waals surface area contributed by atoms with E-state index in [1.165, 1.54) is 0 Å². The smallest absolute Gasteiger partial charge is 0.248 e. The molecular formula is C16H23N3O2. The van der Waals surface area contributed by atoms with E-state index in [2.05, 4.69) is 17.1 Å². The minimum atomic E-state index is -0.469. The number of carbonyl (C=O) groups is 2. The third kappa shape index (κ3) is 4.04. The molecular weight excluding hydrogens is 266 g/mol. The molecule has 1 aliphatic heterocycles. The highest BCUT2D eigenvalue weighted by atomic mass is 16.2. The number of piperidine rings is 1. The summed E-state index contributed by atoms with van der Waals surface area (Å²) < 4.78 is 0. The van der Waals surface area contributed by atoms with E-state index in [1.807, 2.05) is 6.92 Å². The summed E-state index contributed by atoms with van der Waals surface area (Å²) in [4.78, 5) is 25.5. The van der Waals surface area contributed by atoms with Gasteiger partial charge in [0.15, 0.2) is 0 Å². The van der Waals surface area contributed by atoms with Crippen LogP contribution in [0.5, 0.6) is 0 Å². The predicted octanol–water partition coefficient (Wildman–Crippen LogP) is 1.84. The van der Waals surface area contributed by atoms with Crippen molar-refractivity contribution in [2.45, 2.75) is 32.7 Å². The monoisotopic (exact) mass is 289 g/mol. The second-order valence-corrected chi connectivity index (χ2v) is 5.83. The fourth-order valence-electron chi connectivity index (χ4n) is 2.55. The molecule has 5 nitrogen and oxygen atoms in total. The molecule has 1 fully saturated rings. The first-order valence-corrected chi connectivity index (χ1v) is 7.42. The zero-order chi connectivity index (χ0) is 15.4. The maximum absolute atomic E-state index is 12.3. The molecule has 3 N–H and O–H groups in total. The van der Waals surface area contributed by atoms with Gasteiger partial charge in [-0.2, -0.15) is 0 Å². The molecule has 0 radical (unpaired) electrons. The van der Waals surface area contributed by atoms with Gasteiger partial charge in [0.2, 0.25) is 11.8 Å². The van der Waals surface area contributed by atoms with E-state index in [-0.39, 0.29) is 11.9 Å². The standard InChI is InChI=1S/C16H23N3O2/c1-11-7-9-19(10-8-11)12(2)16(21)18-14-5-3-13(4-6-14)15(17)20/h3-6,11-12H,7-10H2,1-2H3,(H2,17,20)(H,18,21)/t12-/m0/s1. The number of hydrogen-bond donors (Lipinski definition) is 2. The van der Waals surface area contributed by atoms with Crippen LogP contribution in [0.15, 0.2) is 24.3 Å². The zero-order valence-electron chi connectivity index (χ0n) is 12.6. The Hall–Kier alpha value is -1.88. The minimum Gasteiger partial charge on any atom is -0.366 e. The summed E-state index contributed by atoms with van der Waals surface area (Å²) in [7, 11) is 0. The van der Waals surface area contributed by atoms with Gasteiger partial charge < -0.3 is 11.1 Å². The van der Waals surface area contributed by atoms with Gasteiger partial charge in [-0.1, -0.05) is 6.92 Å². The molecule has 2 rings (SSSR count). The highest BCUT2D eigenvalue weighted by Gasteiger charge is 2.25. The van der Waals surface area contributed by atoms with Crippen LogP contribution in [0.2, 0.25) is 0 Å². The largest absolute Gasteiger partial charge is 0.366 e. The number of carbonyl (C=O) groups excluding carboxylic acids is 2. The van der Waals surface area contributed by atoms with E-state index in [0.717, 1.165) is 31.8 Å². The molecule has 0 aromatic heterocycles. The van der Waals surface area contributed by atoms with Crippen LogP contribution in [0.1, 0.15) is 37.0 Å². The van der Waals surface area contributed by atoms with Gasteiger partial charge >= 0.3 is 0 Å². The fraction of sp³-hybridized carbons (Fsp3) is 0.500. The number of benzene rings is 1. The van der Waals surface area contributed by atoms with Crippen molar-refractivity contribution >= 4 is 17.5 Å². The molecule has 0 saturated carbocycles. The molecule has 1 aromatic rings. The highest BCUT2D eigenvalue weighted by Crippen LogP contribution is 2.19. The van der Waals surface area contributed by atoms with Crippen molar-refractivity contribution in [3.05, 3.63) is 29.8 Å². The number of primary amides is 1. The van der Waals surface area contributed by atoms with E-state index >= 15 is 0 Å². The molecule has 0 spiro atoms. The van der Waals surface area contributed by atoms with Crippen LogP contribution in [-0.4, -0.2) is 35.8 Å². The second kappa shape index (κ2) is 6.72. The molecule has 1 heterocycles. The number of likely N-dealkylation sites (tertiary alicyclic amines) is 1. The van der Waals surface area contributed by atoms with Gasteiger partial charge in [0, 0.05) is 11.3 Å². The minimum absolute atomic E-state index is 0.0172. The zero-order valence-corrected chi connectivity index (χ0v) is 12.6. The molecule has 114 valence electrons. The normalized spacial score (nSPS) is 18.2. The van der Waals surface area contributed by atoms with Crippen molar-refractivity contribution in [3.8, 4) is 0 Å². The number of hydrogen-bond acceptors (Lipinski definition) is 3. The van der Waals surface area contributed by atoms with Crippen LogP contribution in [-0.2, 0) is 4.79 Å². The summed E-state index contributed by atoms with van der Waals surface area (Å²) in [5.74, 6) is 0.262. The number of nitrogens with one attached hydrogen (secondary N) is 1. The Morgan fingerprint density at radius 1 is 1.24 bits per heavy atom. The fourth-order valence-corrected chi connectivity index (χ4v) is 2.55. The van der Waals surface area contributed by atoms with E-state index in [1.54, 1.807) is 24.3 Å². The molecule has 1 saturated heterocycles. The third-order valence-electron chi connectivity index (χ3n) is 4.18. The first-order valence-electron chi connectivity index (χ1n) is 7.42. The lowest BCUT2D eigenvalue weighted by Crippen LogP contribution is -2.45. The summed E-state index contributed by atoms with van der Waals surface area (Å²) in [6.45, 7) is 6.12. The topological polar surface area (TPSA) is 75.4 Å². The molecule has 1 atom stereocenters. The quantitative estimate of drug-likeness (QED) is 0.888. The molecule has 0 unspecified atom stereocenters. The summed E-state index contributed by atoms with van der Waals surface area (Å²) >= 11 is 0. The van der Waals surface area contributed by atoms with Crippen molar-refractivity contribution < 1.29 is 9.59 Å². The summed E-state index contributed by atoms with van der Waals surface area (Å²) in [5.41, 5.74) is 6.31. The lowest BCUT2D eigenvalue weighted by molar-refractivity contribution is -0.121. The Kier molecular flexibility index (Phi) is 4.96. The molecule has 21 heavy (non-hydrogen) atoms. The van der Waals surface area contributed by atoms with E-state index < -0.39 is 5.91 Å². The number of amides is 2. The van der Waals surface area contributed by atoms with Gasteiger partial charge in [0.05, 0.1) is 6.04 Å². The Morgan fingerprint density at radius 2 is 1.81 bits per heavy atom. The second-order valence-electron chi connectivity index (χ2n) is 5.83. The van der Waals surface area contributed by atoms with Gasteiger partial charge in [-0.05, 0) is 63.0 Å². The van der Waals surface area contributed by atoms with Crippen LogP contribution < -0.4 is 11.1 Å². The lowest BCUT2D eigenvalue weighted by Gasteiger charge is -2.34. The molecule has 2 amide bonds. The highest BCUT2D eigenvalue weighted by molar-refractivity contribution is 5.96. The maximum atomic E-state index is 12.3. The van der Waals surface area contributed by atoms with Crippen LogP contribution in [0, 0.1) is 5.92 Å². The number of nitrogens with two attached hydrogens (primary N) is 1. The molecule has 5 heteroatoms. The van der Waals surface area contributed by atoms with Crippen molar-refractivity contribution in [3.63, 3.8) is 0 Å². The molecule has 0 bridgehead atoms. The number of anilines is 1. The SMILES string of the molecule is CC1CCN([C@@H](C)C(=O)Nc2ccc(C(N)=O)cc2)CC1. The van der Waals surface area contributed by atoms with Gasteiger partial charge in [0.1, 0.15) is 0 Å². The Labute approximate surface area is 125 Å². The first kappa shape index (κ1) is 15.5.